The van der Waals surface area contributed by atoms with Gasteiger partial charge in [0.25, 0.3) is 0 Å². The van der Waals surface area contributed by atoms with Gasteiger partial charge in [-0.2, -0.15) is 4.80 Å². The summed E-state index contributed by atoms with van der Waals surface area (Å²) in [7, 11) is 0. The fraction of sp³-hybridized carbons (Fsp3) is 0.333. The summed E-state index contributed by atoms with van der Waals surface area (Å²) in [4.78, 5) is 5.40. The van der Waals surface area contributed by atoms with Crippen LogP contribution >= 0.6 is 0 Å². The molecule has 25 heavy (non-hydrogen) atoms. The maximum absolute atomic E-state index is 10.2. The molecule has 1 atom stereocenters. The minimum Gasteiger partial charge on any atom is -0.490 e. The molecule has 0 saturated heterocycles. The average Bonchev–Trinajstić information content (AvgIpc) is 3.07. The van der Waals surface area contributed by atoms with E-state index in [0.29, 0.717) is 5.82 Å². The maximum Gasteiger partial charge on any atom is 0.206 e. The number of aromatic nitrogens is 5. The van der Waals surface area contributed by atoms with Crippen LogP contribution in [0.2, 0.25) is 0 Å². The first-order valence-corrected chi connectivity index (χ1v) is 8.10. The van der Waals surface area contributed by atoms with E-state index in [9.17, 15) is 5.11 Å². The zero-order valence-electron chi connectivity index (χ0n) is 14.5. The van der Waals surface area contributed by atoms with Gasteiger partial charge in [0.1, 0.15) is 18.5 Å². The molecule has 1 aromatic carbocycles. The van der Waals surface area contributed by atoms with Gasteiger partial charge < -0.3 is 9.84 Å². The highest BCUT2D eigenvalue weighted by molar-refractivity contribution is 5.51. The highest BCUT2D eigenvalue weighted by Crippen LogP contribution is 2.25. The monoisotopic (exact) mass is 339 g/mol. The van der Waals surface area contributed by atoms with Gasteiger partial charge in [0.2, 0.25) is 5.82 Å². The number of aryl methyl sites for hydroxylation is 2. The summed E-state index contributed by atoms with van der Waals surface area (Å²) >= 11 is 0. The van der Waals surface area contributed by atoms with Crippen molar-refractivity contribution in [3.63, 3.8) is 0 Å². The second-order valence-electron chi connectivity index (χ2n) is 6.03. The van der Waals surface area contributed by atoms with Crippen molar-refractivity contribution in [1.29, 1.82) is 0 Å². The lowest BCUT2D eigenvalue weighted by molar-refractivity contribution is 0.0843. The molecule has 3 aromatic rings. The molecule has 1 N–H and O–H groups in total. The van der Waals surface area contributed by atoms with E-state index in [-0.39, 0.29) is 13.2 Å². The van der Waals surface area contributed by atoms with Crippen molar-refractivity contribution in [1.82, 2.24) is 25.2 Å². The summed E-state index contributed by atoms with van der Waals surface area (Å²) in [5, 5.41) is 22.4. The Morgan fingerprint density at radius 3 is 2.72 bits per heavy atom. The molecule has 0 fully saturated rings. The Morgan fingerprint density at radius 2 is 1.96 bits per heavy atom. The fourth-order valence-electron chi connectivity index (χ4n) is 2.50. The van der Waals surface area contributed by atoms with E-state index in [2.05, 4.69) is 26.5 Å². The zero-order valence-corrected chi connectivity index (χ0v) is 14.5. The minimum absolute atomic E-state index is 0.162. The highest BCUT2D eigenvalue weighted by Gasteiger charge is 2.13. The van der Waals surface area contributed by atoms with Crippen molar-refractivity contribution < 1.29 is 9.84 Å². The summed E-state index contributed by atoms with van der Waals surface area (Å²) in [5.74, 6) is 1.30. The largest absolute Gasteiger partial charge is 0.490 e. The molecule has 2 heterocycles. The van der Waals surface area contributed by atoms with E-state index in [1.54, 1.807) is 12.4 Å². The topological polar surface area (TPSA) is 86.0 Å². The molecule has 1 unspecified atom stereocenters. The lowest BCUT2D eigenvalue weighted by atomic mass is 10.1. The van der Waals surface area contributed by atoms with Crippen LogP contribution in [0.25, 0.3) is 11.4 Å². The Morgan fingerprint density at radius 1 is 1.16 bits per heavy atom. The van der Waals surface area contributed by atoms with E-state index >= 15 is 0 Å². The maximum atomic E-state index is 10.2. The van der Waals surface area contributed by atoms with Crippen LogP contribution in [-0.2, 0) is 6.54 Å². The number of hydrogen-bond acceptors (Lipinski definition) is 6. The Hall–Kier alpha value is -2.80. The molecule has 7 nitrogen and oxygen atoms in total. The summed E-state index contributed by atoms with van der Waals surface area (Å²) in [6, 6.07) is 7.75. The first-order valence-electron chi connectivity index (χ1n) is 8.10. The number of rotatable bonds is 6. The highest BCUT2D eigenvalue weighted by atomic mass is 16.5. The number of aliphatic hydroxyl groups is 1. The van der Waals surface area contributed by atoms with E-state index in [4.69, 9.17) is 4.74 Å². The Labute approximate surface area is 146 Å². The van der Waals surface area contributed by atoms with Crippen LogP contribution in [0.4, 0.5) is 0 Å². The molecule has 0 bridgehead atoms. The van der Waals surface area contributed by atoms with Gasteiger partial charge in [-0.3, -0.25) is 4.98 Å². The summed E-state index contributed by atoms with van der Waals surface area (Å²) in [5.41, 5.74) is 4.08. The average molecular weight is 339 g/mol. The molecular formula is C18H21N5O2. The van der Waals surface area contributed by atoms with Gasteiger partial charge in [-0.05, 0) is 54.8 Å². The fourth-order valence-corrected chi connectivity index (χ4v) is 2.50. The van der Waals surface area contributed by atoms with Crippen LogP contribution in [0.3, 0.4) is 0 Å². The molecule has 130 valence electrons. The molecule has 0 aliphatic rings. The molecule has 2 aromatic heterocycles. The van der Waals surface area contributed by atoms with Crippen LogP contribution in [0, 0.1) is 20.8 Å². The van der Waals surface area contributed by atoms with Crippen molar-refractivity contribution in [2.75, 3.05) is 6.61 Å². The van der Waals surface area contributed by atoms with Crippen molar-refractivity contribution in [3.05, 3.63) is 53.3 Å². The number of aliphatic hydroxyl groups excluding tert-OH is 1. The van der Waals surface area contributed by atoms with Crippen LogP contribution < -0.4 is 4.74 Å². The van der Waals surface area contributed by atoms with Crippen molar-refractivity contribution in [2.24, 2.45) is 0 Å². The summed E-state index contributed by atoms with van der Waals surface area (Å²) in [6.07, 6.45) is 2.62. The number of hydrogen-bond donors (Lipinski definition) is 1. The molecule has 0 saturated carbocycles. The van der Waals surface area contributed by atoms with Gasteiger partial charge >= 0.3 is 0 Å². The smallest absolute Gasteiger partial charge is 0.206 e. The first kappa shape index (κ1) is 17.0. The number of pyridine rings is 1. The Bertz CT molecular complexity index is 848. The Kier molecular flexibility index (Phi) is 5.04. The van der Waals surface area contributed by atoms with Crippen LogP contribution in [0.5, 0.6) is 5.75 Å². The van der Waals surface area contributed by atoms with E-state index in [1.165, 1.54) is 4.80 Å². The summed E-state index contributed by atoms with van der Waals surface area (Å²) < 4.78 is 5.82. The molecule has 0 spiro atoms. The molecule has 0 aliphatic carbocycles. The van der Waals surface area contributed by atoms with Gasteiger partial charge in [0.05, 0.1) is 6.54 Å². The predicted octanol–water partition coefficient (Wildman–Crippen LogP) is 2.10. The van der Waals surface area contributed by atoms with Gasteiger partial charge in [-0.25, -0.2) is 0 Å². The lowest BCUT2D eigenvalue weighted by Gasteiger charge is -2.16. The van der Waals surface area contributed by atoms with Crippen molar-refractivity contribution >= 4 is 0 Å². The van der Waals surface area contributed by atoms with E-state index in [1.807, 2.05) is 39.0 Å². The van der Waals surface area contributed by atoms with Gasteiger partial charge in [-0.15, -0.1) is 10.2 Å². The third kappa shape index (κ3) is 4.00. The zero-order chi connectivity index (χ0) is 17.8. The second-order valence-corrected chi connectivity index (χ2v) is 6.03. The lowest BCUT2D eigenvalue weighted by Crippen LogP contribution is -2.25. The molecule has 0 amide bonds. The third-order valence-electron chi connectivity index (χ3n) is 4.04. The number of benzene rings is 1. The quantitative estimate of drug-likeness (QED) is 0.740. The van der Waals surface area contributed by atoms with Crippen LogP contribution in [-0.4, -0.2) is 43.0 Å². The normalized spacial score (nSPS) is 12.2. The Balaban J connectivity index is 1.61. The SMILES string of the molecule is Cc1ccc(C)c(OCC(O)Cn2nnc(-c3cccnc3)n2)c1C. The van der Waals surface area contributed by atoms with Gasteiger partial charge in [-0.1, -0.05) is 12.1 Å². The summed E-state index contributed by atoms with van der Waals surface area (Å²) in [6.45, 7) is 6.42. The van der Waals surface area contributed by atoms with Crippen LogP contribution in [0.1, 0.15) is 16.7 Å². The second kappa shape index (κ2) is 7.40. The molecule has 7 heteroatoms. The standard InChI is InChI=1S/C18H21N5O2/c1-12-6-7-13(2)17(14(12)3)25-11-16(24)10-23-21-18(20-22-23)15-5-4-8-19-9-15/h4-9,16,24H,10-11H2,1-3H3. The van der Waals surface area contributed by atoms with E-state index < -0.39 is 6.10 Å². The van der Waals surface area contributed by atoms with Crippen LogP contribution in [0.15, 0.2) is 36.7 Å². The van der Waals surface area contributed by atoms with Crippen molar-refractivity contribution in [3.8, 4) is 17.1 Å². The number of nitrogens with zero attached hydrogens (tertiary/aromatic N) is 5. The first-order chi connectivity index (χ1) is 12.0. The minimum atomic E-state index is -0.740. The number of tetrazole rings is 1. The molecule has 0 aliphatic heterocycles. The molecular weight excluding hydrogens is 318 g/mol. The van der Waals surface area contributed by atoms with Gasteiger partial charge in [0, 0.05) is 18.0 Å². The van der Waals surface area contributed by atoms with E-state index in [0.717, 1.165) is 28.0 Å². The molecule has 3 rings (SSSR count). The molecule has 0 radical (unpaired) electrons. The predicted molar refractivity (Wildman–Crippen MR) is 93.2 cm³/mol. The third-order valence-corrected chi connectivity index (χ3v) is 4.04. The van der Waals surface area contributed by atoms with Crippen molar-refractivity contribution in [2.45, 2.75) is 33.4 Å². The van der Waals surface area contributed by atoms with Gasteiger partial charge in [0.15, 0.2) is 0 Å². The number of ether oxygens (including phenoxy) is 1.